The van der Waals surface area contributed by atoms with Crippen molar-refractivity contribution < 1.29 is 27.4 Å². The van der Waals surface area contributed by atoms with Crippen LogP contribution in [0.3, 0.4) is 0 Å². The van der Waals surface area contributed by atoms with E-state index in [1.807, 2.05) is 0 Å². The number of benzene rings is 3. The lowest BCUT2D eigenvalue weighted by molar-refractivity contribution is -0.114. The van der Waals surface area contributed by atoms with E-state index in [1.54, 1.807) is 18.2 Å². The van der Waals surface area contributed by atoms with Crippen molar-refractivity contribution in [3.8, 4) is 17.2 Å². The Kier molecular flexibility index (Phi) is 8.76. The monoisotopic (exact) mass is 602 g/mol. The SMILES string of the molecule is COc1ccc(S(=O)(=O)N(CC(=O)Nc2ccc(Br)c(Cl)c2)c2cc(Cl)ccc2OC)cc1OC. The van der Waals surface area contributed by atoms with E-state index in [0.717, 1.165) is 4.31 Å². The van der Waals surface area contributed by atoms with Crippen LogP contribution in [0.2, 0.25) is 10.0 Å². The van der Waals surface area contributed by atoms with Gasteiger partial charge in [-0.05, 0) is 64.5 Å². The minimum absolute atomic E-state index is 0.0822. The first-order chi connectivity index (χ1) is 16.6. The van der Waals surface area contributed by atoms with E-state index in [1.165, 1.54) is 57.7 Å². The van der Waals surface area contributed by atoms with E-state index >= 15 is 0 Å². The van der Waals surface area contributed by atoms with Gasteiger partial charge in [0.15, 0.2) is 11.5 Å². The summed E-state index contributed by atoms with van der Waals surface area (Å²) in [6.07, 6.45) is 0. The molecule has 3 aromatic rings. The fourth-order valence-electron chi connectivity index (χ4n) is 3.17. The van der Waals surface area contributed by atoms with Crippen LogP contribution in [-0.4, -0.2) is 42.2 Å². The normalized spacial score (nSPS) is 11.0. The average Bonchev–Trinajstić information content (AvgIpc) is 2.84. The number of sulfonamides is 1. The van der Waals surface area contributed by atoms with Crippen LogP contribution in [0.25, 0.3) is 0 Å². The molecule has 1 amide bonds. The molecule has 0 aliphatic carbocycles. The molecule has 12 heteroatoms. The van der Waals surface area contributed by atoms with Crippen LogP contribution >= 0.6 is 39.1 Å². The molecule has 3 rings (SSSR count). The lowest BCUT2D eigenvalue weighted by atomic mass is 10.3. The van der Waals surface area contributed by atoms with Crippen LogP contribution in [0, 0.1) is 0 Å². The molecule has 0 fully saturated rings. The van der Waals surface area contributed by atoms with Crippen LogP contribution < -0.4 is 23.8 Å². The van der Waals surface area contributed by atoms with Crippen LogP contribution in [0.4, 0.5) is 11.4 Å². The number of anilines is 2. The summed E-state index contributed by atoms with van der Waals surface area (Å²) in [5.41, 5.74) is 0.475. The van der Waals surface area contributed by atoms with Gasteiger partial charge in [0.1, 0.15) is 12.3 Å². The molecular weight excluding hydrogens is 583 g/mol. The molecule has 1 N–H and O–H groups in total. The zero-order chi connectivity index (χ0) is 25.8. The Labute approximate surface area is 221 Å². The molecule has 0 aromatic heterocycles. The number of ether oxygens (including phenoxy) is 3. The number of rotatable bonds is 9. The smallest absolute Gasteiger partial charge is 0.265 e. The van der Waals surface area contributed by atoms with Gasteiger partial charge in [0.25, 0.3) is 10.0 Å². The van der Waals surface area contributed by atoms with Crippen LogP contribution in [0.1, 0.15) is 0 Å². The molecule has 0 radical (unpaired) electrons. The first kappa shape index (κ1) is 26.9. The third-order valence-electron chi connectivity index (χ3n) is 4.84. The second-order valence-electron chi connectivity index (χ2n) is 7.02. The summed E-state index contributed by atoms with van der Waals surface area (Å²) in [5.74, 6) is 0.149. The summed E-state index contributed by atoms with van der Waals surface area (Å²) in [7, 11) is -0.0817. The Balaban J connectivity index is 2.07. The number of nitrogens with one attached hydrogen (secondary N) is 1. The number of halogens is 3. The molecule has 0 saturated carbocycles. The topological polar surface area (TPSA) is 94.2 Å². The number of carbonyl (C=O) groups excluding carboxylic acids is 1. The molecule has 3 aromatic carbocycles. The van der Waals surface area contributed by atoms with Gasteiger partial charge in [-0.2, -0.15) is 0 Å². The Hall–Kier alpha value is -2.66. The van der Waals surface area contributed by atoms with Gasteiger partial charge in [0, 0.05) is 21.2 Å². The Bertz CT molecular complexity index is 1350. The van der Waals surface area contributed by atoms with Crippen molar-refractivity contribution in [2.45, 2.75) is 4.90 Å². The number of hydrogen-bond donors (Lipinski definition) is 1. The van der Waals surface area contributed by atoms with Gasteiger partial charge in [0.2, 0.25) is 5.91 Å². The summed E-state index contributed by atoms with van der Waals surface area (Å²) in [4.78, 5) is 12.9. The summed E-state index contributed by atoms with van der Waals surface area (Å²) in [5, 5.41) is 3.30. The Morgan fingerprint density at radius 2 is 1.57 bits per heavy atom. The van der Waals surface area contributed by atoms with Crippen molar-refractivity contribution in [1.82, 2.24) is 0 Å². The summed E-state index contributed by atoms with van der Waals surface area (Å²) >= 11 is 15.6. The molecule has 0 heterocycles. The number of methoxy groups -OCH3 is 3. The number of carbonyl (C=O) groups is 1. The van der Waals surface area contributed by atoms with E-state index in [4.69, 9.17) is 37.4 Å². The van der Waals surface area contributed by atoms with Crippen LogP contribution in [-0.2, 0) is 14.8 Å². The maximum atomic E-state index is 13.8. The third kappa shape index (κ3) is 6.13. The molecule has 35 heavy (non-hydrogen) atoms. The molecule has 186 valence electrons. The number of amides is 1. The lowest BCUT2D eigenvalue weighted by Gasteiger charge is -2.26. The van der Waals surface area contributed by atoms with E-state index in [-0.39, 0.29) is 27.1 Å². The minimum Gasteiger partial charge on any atom is -0.495 e. The average molecular weight is 604 g/mol. The van der Waals surface area contributed by atoms with Crippen LogP contribution in [0.5, 0.6) is 17.2 Å². The fraction of sp³-hybridized carbons (Fsp3) is 0.174. The molecule has 0 unspecified atom stereocenters. The van der Waals surface area contributed by atoms with Crippen LogP contribution in [0.15, 0.2) is 64.0 Å². The fourth-order valence-corrected chi connectivity index (χ4v) is 5.20. The zero-order valence-corrected chi connectivity index (χ0v) is 22.8. The van der Waals surface area contributed by atoms with Crippen molar-refractivity contribution in [2.75, 3.05) is 37.5 Å². The molecule has 0 atom stereocenters. The molecule has 0 spiro atoms. The van der Waals surface area contributed by atoms with E-state index in [9.17, 15) is 13.2 Å². The highest BCUT2D eigenvalue weighted by Crippen LogP contribution is 2.37. The Morgan fingerprint density at radius 3 is 2.20 bits per heavy atom. The molecule has 0 bridgehead atoms. The van der Waals surface area contributed by atoms with E-state index < -0.39 is 22.5 Å². The van der Waals surface area contributed by atoms with E-state index in [2.05, 4.69) is 21.2 Å². The van der Waals surface area contributed by atoms with Gasteiger partial charge in [-0.1, -0.05) is 23.2 Å². The standard InChI is InChI=1S/C23H21BrCl2N2O6S/c1-32-20-8-4-14(25)10-19(20)28(13-23(29)27-15-5-7-17(24)18(26)11-15)35(30,31)16-6-9-21(33-2)22(12-16)34-3/h4-12H,13H2,1-3H3,(H,27,29). The van der Waals surface area contributed by atoms with Crippen molar-refractivity contribution in [1.29, 1.82) is 0 Å². The zero-order valence-electron chi connectivity index (χ0n) is 18.8. The van der Waals surface area contributed by atoms with E-state index in [0.29, 0.717) is 20.9 Å². The van der Waals surface area contributed by atoms with Crippen molar-refractivity contribution >= 4 is 66.4 Å². The second kappa shape index (κ2) is 11.4. The summed E-state index contributed by atoms with van der Waals surface area (Å²) in [6.45, 7) is -0.582. The predicted octanol–water partition coefficient (Wildman–Crippen LogP) is 5.62. The minimum atomic E-state index is -4.30. The van der Waals surface area contributed by atoms with Gasteiger partial charge in [-0.25, -0.2) is 8.42 Å². The first-order valence-electron chi connectivity index (χ1n) is 9.94. The maximum absolute atomic E-state index is 13.8. The second-order valence-corrected chi connectivity index (χ2v) is 10.6. The predicted molar refractivity (Wildman–Crippen MR) is 140 cm³/mol. The Morgan fingerprint density at radius 1 is 0.914 bits per heavy atom. The first-order valence-corrected chi connectivity index (χ1v) is 12.9. The van der Waals surface area contributed by atoms with Crippen molar-refractivity contribution in [3.63, 3.8) is 0 Å². The summed E-state index contributed by atoms with van der Waals surface area (Å²) in [6, 6.07) is 13.4. The highest BCUT2D eigenvalue weighted by Gasteiger charge is 2.31. The molecule has 0 saturated heterocycles. The summed E-state index contributed by atoms with van der Waals surface area (Å²) < 4.78 is 45.0. The largest absolute Gasteiger partial charge is 0.495 e. The molecular formula is C23H21BrCl2N2O6S. The molecule has 0 aliphatic rings. The molecule has 0 aliphatic heterocycles. The maximum Gasteiger partial charge on any atom is 0.265 e. The number of nitrogens with zero attached hydrogens (tertiary/aromatic N) is 1. The van der Waals surface area contributed by atoms with Crippen molar-refractivity contribution in [3.05, 3.63) is 69.1 Å². The number of hydrogen-bond acceptors (Lipinski definition) is 6. The van der Waals surface area contributed by atoms with Crippen molar-refractivity contribution in [2.24, 2.45) is 0 Å². The van der Waals surface area contributed by atoms with Gasteiger partial charge >= 0.3 is 0 Å². The molecule has 8 nitrogen and oxygen atoms in total. The lowest BCUT2D eigenvalue weighted by Crippen LogP contribution is -2.38. The highest BCUT2D eigenvalue weighted by molar-refractivity contribution is 9.10. The quantitative estimate of drug-likeness (QED) is 0.341. The van der Waals surface area contributed by atoms with Gasteiger partial charge < -0.3 is 19.5 Å². The van der Waals surface area contributed by atoms with Gasteiger partial charge in [-0.3, -0.25) is 9.10 Å². The third-order valence-corrected chi connectivity index (χ3v) is 8.07. The van der Waals surface area contributed by atoms with Gasteiger partial charge in [-0.15, -0.1) is 0 Å². The van der Waals surface area contributed by atoms with Gasteiger partial charge in [0.05, 0.1) is 36.9 Å². The highest BCUT2D eigenvalue weighted by atomic mass is 79.9.